The summed E-state index contributed by atoms with van der Waals surface area (Å²) in [6.45, 7) is 8.11. The van der Waals surface area contributed by atoms with Crippen molar-refractivity contribution in [2.24, 2.45) is 0 Å². The van der Waals surface area contributed by atoms with Gasteiger partial charge >= 0.3 is 6.09 Å². The van der Waals surface area contributed by atoms with Crippen LogP contribution in [-0.4, -0.2) is 51.2 Å². The summed E-state index contributed by atoms with van der Waals surface area (Å²) < 4.78 is 32.8. The number of carbonyl (C=O) groups excluding carboxylic acids is 1. The van der Waals surface area contributed by atoms with Crippen molar-refractivity contribution in [3.8, 4) is 0 Å². The molecule has 2 aromatic rings. The largest absolute Gasteiger partial charge is 0.444 e. The lowest BCUT2D eigenvalue weighted by Crippen LogP contribution is -2.50. The number of rotatable bonds is 4. The van der Waals surface area contributed by atoms with Gasteiger partial charge in [0.15, 0.2) is 0 Å². The van der Waals surface area contributed by atoms with Gasteiger partial charge in [-0.15, -0.1) is 0 Å². The molecule has 1 saturated heterocycles. The lowest BCUT2D eigenvalue weighted by atomic mass is 10.2. The van der Waals surface area contributed by atoms with E-state index in [4.69, 9.17) is 4.74 Å². The lowest BCUT2D eigenvalue weighted by Gasteiger charge is -2.36. The number of carbonyl (C=O) groups is 1. The highest BCUT2D eigenvalue weighted by molar-refractivity contribution is 7.92. The minimum atomic E-state index is -3.60. The molecule has 1 N–H and O–H groups in total. The zero-order valence-electron chi connectivity index (χ0n) is 17.0. The maximum Gasteiger partial charge on any atom is 0.410 e. The van der Waals surface area contributed by atoms with Gasteiger partial charge in [-0.1, -0.05) is 18.2 Å². The van der Waals surface area contributed by atoms with Crippen LogP contribution < -0.4 is 9.62 Å². The van der Waals surface area contributed by atoms with Crippen molar-refractivity contribution in [3.63, 3.8) is 0 Å². The highest BCUT2D eigenvalue weighted by Crippen LogP contribution is 2.22. The molecule has 156 valence electrons. The zero-order chi connectivity index (χ0) is 21.1. The van der Waals surface area contributed by atoms with Crippen LogP contribution in [0.2, 0.25) is 0 Å². The molecule has 1 aliphatic rings. The Bertz CT molecular complexity index is 930. The van der Waals surface area contributed by atoms with Gasteiger partial charge < -0.3 is 14.5 Å². The smallest absolute Gasteiger partial charge is 0.410 e. The molecule has 2 aromatic carbocycles. The number of ether oxygens (including phenoxy) is 1. The first-order valence-electron chi connectivity index (χ1n) is 9.55. The van der Waals surface area contributed by atoms with Crippen LogP contribution in [0, 0.1) is 0 Å². The van der Waals surface area contributed by atoms with Gasteiger partial charge in [0, 0.05) is 37.6 Å². The molecular formula is C21H27N3O4S. The van der Waals surface area contributed by atoms with Gasteiger partial charge in [0.2, 0.25) is 0 Å². The topological polar surface area (TPSA) is 79.0 Å². The second-order valence-electron chi connectivity index (χ2n) is 7.92. The maximum absolute atomic E-state index is 12.4. The first-order chi connectivity index (χ1) is 13.6. The van der Waals surface area contributed by atoms with Crippen molar-refractivity contribution in [2.75, 3.05) is 35.8 Å². The fraction of sp³-hybridized carbons (Fsp3) is 0.381. The van der Waals surface area contributed by atoms with Crippen LogP contribution in [0.4, 0.5) is 16.2 Å². The summed E-state index contributed by atoms with van der Waals surface area (Å²) in [5.41, 5.74) is 0.985. The van der Waals surface area contributed by atoms with E-state index in [0.717, 1.165) is 5.69 Å². The van der Waals surface area contributed by atoms with Crippen LogP contribution >= 0.6 is 0 Å². The van der Waals surface area contributed by atoms with E-state index in [1.54, 1.807) is 47.4 Å². The van der Waals surface area contributed by atoms with Gasteiger partial charge in [0.25, 0.3) is 10.0 Å². The minimum absolute atomic E-state index is 0.224. The molecule has 0 saturated carbocycles. The van der Waals surface area contributed by atoms with E-state index in [2.05, 4.69) is 9.62 Å². The monoisotopic (exact) mass is 417 g/mol. The molecule has 0 bridgehead atoms. The van der Waals surface area contributed by atoms with Gasteiger partial charge in [-0.3, -0.25) is 4.72 Å². The zero-order valence-corrected chi connectivity index (χ0v) is 17.8. The molecule has 1 amide bonds. The van der Waals surface area contributed by atoms with Crippen LogP contribution in [0.15, 0.2) is 59.5 Å². The van der Waals surface area contributed by atoms with E-state index in [1.165, 1.54) is 0 Å². The molecule has 0 atom stereocenters. The van der Waals surface area contributed by atoms with E-state index in [9.17, 15) is 13.2 Å². The number of sulfonamides is 1. The minimum Gasteiger partial charge on any atom is -0.444 e. The third kappa shape index (κ3) is 5.63. The standard InChI is InChI=1S/C21H27N3O4S/c1-21(2,3)28-20(25)24-15-13-23(14-16-24)18-11-9-17(10-12-18)22-29(26,27)19-7-5-4-6-8-19/h4-12,22H,13-16H2,1-3H3. The van der Waals surface area contributed by atoms with Crippen molar-refractivity contribution in [2.45, 2.75) is 31.3 Å². The number of amides is 1. The number of hydrogen-bond donors (Lipinski definition) is 1. The fourth-order valence-electron chi connectivity index (χ4n) is 3.03. The van der Waals surface area contributed by atoms with Gasteiger partial charge in [0.05, 0.1) is 4.90 Å². The number of nitrogens with one attached hydrogen (secondary N) is 1. The Labute approximate surface area is 172 Å². The molecule has 0 unspecified atom stereocenters. The predicted octanol–water partition coefficient (Wildman–Crippen LogP) is 3.54. The van der Waals surface area contributed by atoms with Gasteiger partial charge in [-0.2, -0.15) is 0 Å². The van der Waals surface area contributed by atoms with Crippen molar-refractivity contribution >= 4 is 27.5 Å². The molecule has 1 aliphatic heterocycles. The second-order valence-corrected chi connectivity index (χ2v) is 9.60. The van der Waals surface area contributed by atoms with Gasteiger partial charge in [-0.25, -0.2) is 13.2 Å². The Morgan fingerprint density at radius 3 is 2.07 bits per heavy atom. The third-order valence-corrected chi connectivity index (χ3v) is 5.87. The van der Waals surface area contributed by atoms with Crippen LogP contribution in [0.5, 0.6) is 0 Å². The maximum atomic E-state index is 12.4. The van der Waals surface area contributed by atoms with Crippen LogP contribution in [0.3, 0.4) is 0 Å². The summed E-state index contributed by atoms with van der Waals surface area (Å²) in [6, 6.07) is 15.5. The normalized spacial score (nSPS) is 15.1. The summed E-state index contributed by atoms with van der Waals surface area (Å²) >= 11 is 0. The quantitative estimate of drug-likeness (QED) is 0.823. The molecule has 7 nitrogen and oxygen atoms in total. The average Bonchev–Trinajstić information content (AvgIpc) is 2.68. The van der Waals surface area contributed by atoms with E-state index in [0.29, 0.717) is 31.9 Å². The summed E-state index contributed by atoms with van der Waals surface area (Å²) in [6.07, 6.45) is -0.289. The summed E-state index contributed by atoms with van der Waals surface area (Å²) in [5.74, 6) is 0. The first kappa shape index (κ1) is 21.0. The van der Waals surface area contributed by atoms with Crippen LogP contribution in [0.25, 0.3) is 0 Å². The molecule has 1 heterocycles. The highest BCUT2D eigenvalue weighted by Gasteiger charge is 2.26. The Kier molecular flexibility index (Phi) is 6.02. The van der Waals surface area contributed by atoms with Crippen molar-refractivity contribution < 1.29 is 17.9 Å². The van der Waals surface area contributed by atoms with Crippen molar-refractivity contribution in [1.82, 2.24) is 4.90 Å². The molecule has 8 heteroatoms. The predicted molar refractivity (Wildman–Crippen MR) is 114 cm³/mol. The Morgan fingerprint density at radius 1 is 0.931 bits per heavy atom. The number of hydrogen-bond acceptors (Lipinski definition) is 5. The second kappa shape index (κ2) is 8.32. The van der Waals surface area contributed by atoms with Gasteiger partial charge in [-0.05, 0) is 57.2 Å². The summed E-state index contributed by atoms with van der Waals surface area (Å²) in [5, 5.41) is 0. The average molecular weight is 418 g/mol. The molecule has 0 aromatic heterocycles. The summed E-state index contributed by atoms with van der Waals surface area (Å²) in [4.78, 5) is 16.3. The van der Waals surface area contributed by atoms with E-state index in [1.807, 2.05) is 32.9 Å². The SMILES string of the molecule is CC(C)(C)OC(=O)N1CCN(c2ccc(NS(=O)(=O)c3ccccc3)cc2)CC1. The molecule has 0 spiro atoms. The molecule has 0 radical (unpaired) electrons. The molecule has 1 fully saturated rings. The van der Waals surface area contributed by atoms with Gasteiger partial charge in [0.1, 0.15) is 5.60 Å². The first-order valence-corrected chi connectivity index (χ1v) is 11.0. The molecule has 29 heavy (non-hydrogen) atoms. The number of benzene rings is 2. The van der Waals surface area contributed by atoms with E-state index >= 15 is 0 Å². The molecule has 3 rings (SSSR count). The van der Waals surface area contributed by atoms with Crippen LogP contribution in [-0.2, 0) is 14.8 Å². The van der Waals surface area contributed by atoms with E-state index in [-0.39, 0.29) is 11.0 Å². The Balaban J connectivity index is 1.58. The Hall–Kier alpha value is -2.74. The highest BCUT2D eigenvalue weighted by atomic mass is 32.2. The lowest BCUT2D eigenvalue weighted by molar-refractivity contribution is 0.0240. The molecule has 0 aliphatic carbocycles. The summed E-state index contributed by atoms with van der Waals surface area (Å²) in [7, 11) is -3.60. The third-order valence-electron chi connectivity index (χ3n) is 4.47. The van der Waals surface area contributed by atoms with Crippen molar-refractivity contribution in [1.29, 1.82) is 0 Å². The van der Waals surface area contributed by atoms with E-state index < -0.39 is 15.6 Å². The number of piperazine rings is 1. The van der Waals surface area contributed by atoms with Crippen LogP contribution in [0.1, 0.15) is 20.8 Å². The number of anilines is 2. The van der Waals surface area contributed by atoms with Crippen molar-refractivity contribution in [3.05, 3.63) is 54.6 Å². The fourth-order valence-corrected chi connectivity index (χ4v) is 4.11. The molecular weight excluding hydrogens is 390 g/mol. The Morgan fingerprint density at radius 2 is 1.52 bits per heavy atom. The number of nitrogens with zero attached hydrogens (tertiary/aromatic N) is 2.